The third-order valence-corrected chi connectivity index (χ3v) is 5.86. The summed E-state index contributed by atoms with van der Waals surface area (Å²) in [6.45, 7) is 2.38. The van der Waals surface area contributed by atoms with Crippen molar-refractivity contribution in [2.75, 3.05) is 18.2 Å². The van der Waals surface area contributed by atoms with Gasteiger partial charge in [-0.05, 0) is 48.9 Å². The molecule has 164 valence electrons. The Kier molecular flexibility index (Phi) is 6.82. The highest BCUT2D eigenvalue weighted by atomic mass is 35.5. The van der Waals surface area contributed by atoms with Crippen molar-refractivity contribution in [2.24, 2.45) is 0 Å². The van der Waals surface area contributed by atoms with E-state index in [0.29, 0.717) is 34.0 Å². The van der Waals surface area contributed by atoms with Gasteiger partial charge in [0.25, 0.3) is 0 Å². The lowest BCUT2D eigenvalue weighted by Crippen LogP contribution is -2.15. The Bertz CT molecular complexity index is 1220. The number of methoxy groups -OCH3 is 1. The average Bonchev–Trinajstić information content (AvgIpc) is 3.43. The molecule has 9 heteroatoms. The topological polar surface area (TPSA) is 82.2 Å². The number of nitrogens with zero attached hydrogens (tertiary/aromatic N) is 3. The minimum Gasteiger partial charge on any atom is -0.495 e. The van der Waals surface area contributed by atoms with E-state index in [1.807, 2.05) is 60.0 Å². The third kappa shape index (κ3) is 5.15. The van der Waals surface area contributed by atoms with E-state index in [0.717, 1.165) is 16.9 Å². The Morgan fingerprint density at radius 2 is 2.06 bits per heavy atom. The molecular weight excluding hydrogens is 448 g/mol. The maximum Gasteiger partial charge on any atom is 0.234 e. The molecule has 0 fully saturated rings. The summed E-state index contributed by atoms with van der Waals surface area (Å²) in [5.41, 5.74) is 2.49. The molecule has 4 rings (SSSR count). The summed E-state index contributed by atoms with van der Waals surface area (Å²) in [4.78, 5) is 12.6. The number of furan rings is 1. The van der Waals surface area contributed by atoms with Crippen molar-refractivity contribution in [1.29, 1.82) is 0 Å². The van der Waals surface area contributed by atoms with Crippen molar-refractivity contribution in [3.8, 4) is 17.1 Å². The second-order valence-electron chi connectivity index (χ2n) is 7.02. The molecule has 2 aromatic heterocycles. The van der Waals surface area contributed by atoms with Crippen molar-refractivity contribution in [3.63, 3.8) is 0 Å². The highest BCUT2D eigenvalue weighted by molar-refractivity contribution is 7.99. The number of hydrogen-bond donors (Lipinski definition) is 1. The molecule has 0 aliphatic rings. The number of thioether (sulfide) groups is 1. The molecule has 1 N–H and O–H groups in total. The number of amides is 1. The number of carbonyl (C=O) groups excluding carboxylic acids is 1. The lowest BCUT2D eigenvalue weighted by Gasteiger charge is -2.11. The van der Waals surface area contributed by atoms with Crippen LogP contribution in [-0.4, -0.2) is 33.5 Å². The molecule has 0 atom stereocenters. The molecule has 0 saturated heterocycles. The molecule has 0 saturated carbocycles. The van der Waals surface area contributed by atoms with Gasteiger partial charge in [0.1, 0.15) is 11.5 Å². The SMILES string of the molecule is COc1ccc(C)cc1NC(=O)CSc1nnc(-c2cccc(Cl)c2)n1Cc1ccco1. The highest BCUT2D eigenvalue weighted by Gasteiger charge is 2.18. The fourth-order valence-corrected chi connectivity index (χ4v) is 4.10. The van der Waals surface area contributed by atoms with Crippen molar-refractivity contribution >= 4 is 35.0 Å². The van der Waals surface area contributed by atoms with Gasteiger partial charge in [0.15, 0.2) is 11.0 Å². The van der Waals surface area contributed by atoms with Gasteiger partial charge in [0, 0.05) is 10.6 Å². The van der Waals surface area contributed by atoms with Crippen LogP contribution in [0.1, 0.15) is 11.3 Å². The van der Waals surface area contributed by atoms with E-state index in [1.165, 1.54) is 11.8 Å². The number of benzene rings is 2. The first-order valence-corrected chi connectivity index (χ1v) is 11.2. The number of rotatable bonds is 8. The maximum atomic E-state index is 12.6. The van der Waals surface area contributed by atoms with E-state index in [-0.39, 0.29) is 11.7 Å². The predicted molar refractivity (Wildman–Crippen MR) is 125 cm³/mol. The van der Waals surface area contributed by atoms with Crippen LogP contribution in [0.3, 0.4) is 0 Å². The summed E-state index contributed by atoms with van der Waals surface area (Å²) in [6, 6.07) is 16.7. The first-order chi connectivity index (χ1) is 15.5. The molecule has 0 spiro atoms. The van der Waals surface area contributed by atoms with Crippen LogP contribution in [0.5, 0.6) is 5.75 Å². The van der Waals surface area contributed by atoms with E-state index in [4.69, 9.17) is 20.8 Å². The number of ether oxygens (including phenoxy) is 1. The lowest BCUT2D eigenvalue weighted by atomic mass is 10.2. The molecular formula is C23H21ClN4O3S. The summed E-state index contributed by atoms with van der Waals surface area (Å²) in [7, 11) is 1.57. The van der Waals surface area contributed by atoms with Crippen LogP contribution in [0.25, 0.3) is 11.4 Å². The van der Waals surface area contributed by atoms with E-state index in [1.54, 1.807) is 19.4 Å². The molecule has 2 heterocycles. The Balaban J connectivity index is 1.54. The molecule has 0 aliphatic carbocycles. The fraction of sp³-hybridized carbons (Fsp3) is 0.174. The van der Waals surface area contributed by atoms with Gasteiger partial charge >= 0.3 is 0 Å². The summed E-state index contributed by atoms with van der Waals surface area (Å²) in [5, 5.41) is 12.8. The highest BCUT2D eigenvalue weighted by Crippen LogP contribution is 2.28. The first kappa shape index (κ1) is 22.0. The van der Waals surface area contributed by atoms with Crippen LogP contribution >= 0.6 is 23.4 Å². The Labute approximate surface area is 194 Å². The standard InChI is InChI=1S/C23H21ClN4O3S/c1-15-8-9-20(30-2)19(11-15)25-21(29)14-32-23-27-26-22(16-5-3-6-17(24)12-16)28(23)13-18-7-4-10-31-18/h3-12H,13-14H2,1-2H3,(H,25,29). The number of aryl methyl sites for hydroxylation is 1. The van der Waals surface area contributed by atoms with Crippen molar-refractivity contribution in [1.82, 2.24) is 14.8 Å². The van der Waals surface area contributed by atoms with Gasteiger partial charge in [0.2, 0.25) is 5.91 Å². The molecule has 0 bridgehead atoms. The number of nitrogens with one attached hydrogen (secondary N) is 1. The van der Waals surface area contributed by atoms with Gasteiger partial charge in [-0.15, -0.1) is 10.2 Å². The molecule has 0 radical (unpaired) electrons. The van der Waals surface area contributed by atoms with Gasteiger partial charge in [-0.1, -0.05) is 41.6 Å². The van der Waals surface area contributed by atoms with Gasteiger partial charge in [-0.3, -0.25) is 9.36 Å². The number of halogens is 1. The third-order valence-electron chi connectivity index (χ3n) is 4.66. The molecule has 0 aliphatic heterocycles. The Morgan fingerprint density at radius 3 is 2.81 bits per heavy atom. The predicted octanol–water partition coefficient (Wildman–Crippen LogP) is 5.29. The molecule has 1 amide bonds. The van der Waals surface area contributed by atoms with Crippen LogP contribution < -0.4 is 10.1 Å². The largest absolute Gasteiger partial charge is 0.495 e. The number of carbonyl (C=O) groups is 1. The van der Waals surface area contributed by atoms with Crippen LogP contribution in [0.4, 0.5) is 5.69 Å². The molecule has 4 aromatic rings. The van der Waals surface area contributed by atoms with Gasteiger partial charge in [-0.2, -0.15) is 0 Å². The quantitative estimate of drug-likeness (QED) is 0.354. The van der Waals surface area contributed by atoms with Gasteiger partial charge in [0.05, 0.1) is 31.4 Å². The zero-order chi connectivity index (χ0) is 22.5. The zero-order valence-corrected chi connectivity index (χ0v) is 19.1. The second kappa shape index (κ2) is 9.93. The van der Waals surface area contributed by atoms with E-state index < -0.39 is 0 Å². The molecule has 7 nitrogen and oxygen atoms in total. The summed E-state index contributed by atoms with van der Waals surface area (Å²) < 4.78 is 12.8. The summed E-state index contributed by atoms with van der Waals surface area (Å²) >= 11 is 7.46. The number of anilines is 1. The van der Waals surface area contributed by atoms with Crippen LogP contribution in [-0.2, 0) is 11.3 Å². The Morgan fingerprint density at radius 1 is 1.19 bits per heavy atom. The maximum absolute atomic E-state index is 12.6. The zero-order valence-electron chi connectivity index (χ0n) is 17.5. The summed E-state index contributed by atoms with van der Waals surface area (Å²) in [6.07, 6.45) is 1.62. The van der Waals surface area contributed by atoms with E-state index >= 15 is 0 Å². The minimum atomic E-state index is -0.171. The van der Waals surface area contributed by atoms with Gasteiger partial charge in [-0.25, -0.2) is 0 Å². The smallest absolute Gasteiger partial charge is 0.234 e. The van der Waals surface area contributed by atoms with Gasteiger partial charge < -0.3 is 14.5 Å². The lowest BCUT2D eigenvalue weighted by molar-refractivity contribution is -0.113. The van der Waals surface area contributed by atoms with Crippen LogP contribution in [0.2, 0.25) is 5.02 Å². The van der Waals surface area contributed by atoms with Crippen molar-refractivity contribution in [3.05, 3.63) is 77.2 Å². The Hall–Kier alpha value is -3.23. The molecule has 2 aromatic carbocycles. The average molecular weight is 469 g/mol. The number of hydrogen-bond acceptors (Lipinski definition) is 6. The fourth-order valence-electron chi connectivity index (χ4n) is 3.17. The molecule has 0 unspecified atom stereocenters. The normalized spacial score (nSPS) is 10.8. The van der Waals surface area contributed by atoms with E-state index in [2.05, 4.69) is 15.5 Å². The monoisotopic (exact) mass is 468 g/mol. The van der Waals surface area contributed by atoms with Crippen molar-refractivity contribution < 1.29 is 13.9 Å². The molecule has 32 heavy (non-hydrogen) atoms. The second-order valence-corrected chi connectivity index (χ2v) is 8.40. The minimum absolute atomic E-state index is 0.156. The van der Waals surface area contributed by atoms with Crippen LogP contribution in [0.15, 0.2) is 70.4 Å². The summed E-state index contributed by atoms with van der Waals surface area (Å²) in [5.74, 6) is 1.99. The first-order valence-electron chi connectivity index (χ1n) is 9.82. The van der Waals surface area contributed by atoms with E-state index in [9.17, 15) is 4.79 Å². The number of aromatic nitrogens is 3. The van der Waals surface area contributed by atoms with Crippen molar-refractivity contribution in [2.45, 2.75) is 18.6 Å². The van der Waals surface area contributed by atoms with Crippen LogP contribution in [0, 0.1) is 6.92 Å².